The Balaban J connectivity index is 1.69. The summed E-state index contributed by atoms with van der Waals surface area (Å²) in [4.78, 5) is 26.7. The van der Waals surface area contributed by atoms with Crippen LogP contribution in [0, 0.1) is 6.92 Å². The molecule has 3 heterocycles. The summed E-state index contributed by atoms with van der Waals surface area (Å²) in [7, 11) is 0. The standard InChI is InChI=1S/C22H20N4O4S/c1-13-11-19(30-25-13)17-12-20(27)26(24-21(17)18-5-4-10-29-18)14(2)22(28)23-15-6-8-16(31-3)9-7-15/h4-12,14H,1-3H3,(H,23,28)/t14-/m0/s1. The van der Waals surface area contributed by atoms with Crippen LogP contribution in [0.15, 0.2) is 73.4 Å². The smallest absolute Gasteiger partial charge is 0.268 e. The number of nitrogens with one attached hydrogen (secondary N) is 1. The number of hydrogen-bond donors (Lipinski definition) is 1. The van der Waals surface area contributed by atoms with E-state index in [0.717, 1.165) is 9.58 Å². The van der Waals surface area contributed by atoms with Gasteiger partial charge in [0, 0.05) is 22.7 Å². The van der Waals surface area contributed by atoms with Crippen molar-refractivity contribution in [2.75, 3.05) is 11.6 Å². The van der Waals surface area contributed by atoms with Crippen LogP contribution in [0.5, 0.6) is 0 Å². The first-order valence-electron chi connectivity index (χ1n) is 9.52. The van der Waals surface area contributed by atoms with Crippen molar-refractivity contribution in [1.82, 2.24) is 14.9 Å². The number of aromatic nitrogens is 3. The summed E-state index contributed by atoms with van der Waals surface area (Å²) in [6.45, 7) is 3.40. The van der Waals surface area contributed by atoms with Crippen LogP contribution in [-0.4, -0.2) is 27.1 Å². The second-order valence-corrected chi connectivity index (χ2v) is 7.77. The fourth-order valence-corrected chi connectivity index (χ4v) is 3.46. The Kier molecular flexibility index (Phi) is 5.77. The molecule has 0 spiro atoms. The Hall–Kier alpha value is -3.59. The maximum absolute atomic E-state index is 12.8. The molecule has 4 rings (SSSR count). The lowest BCUT2D eigenvalue weighted by molar-refractivity contribution is -0.119. The third-order valence-electron chi connectivity index (χ3n) is 4.71. The minimum Gasteiger partial charge on any atom is -0.463 e. The van der Waals surface area contributed by atoms with Crippen molar-refractivity contribution in [1.29, 1.82) is 0 Å². The Labute approximate surface area is 182 Å². The van der Waals surface area contributed by atoms with Crippen LogP contribution >= 0.6 is 11.8 Å². The van der Waals surface area contributed by atoms with E-state index in [1.165, 1.54) is 12.3 Å². The molecule has 0 saturated carbocycles. The lowest BCUT2D eigenvalue weighted by Gasteiger charge is -2.16. The fraction of sp³-hybridized carbons (Fsp3) is 0.182. The Bertz CT molecular complexity index is 1260. The van der Waals surface area contributed by atoms with Gasteiger partial charge in [0.15, 0.2) is 11.5 Å². The quantitative estimate of drug-likeness (QED) is 0.447. The molecule has 0 bridgehead atoms. The maximum Gasteiger partial charge on any atom is 0.268 e. The lowest BCUT2D eigenvalue weighted by atomic mass is 10.1. The zero-order valence-corrected chi connectivity index (χ0v) is 18.0. The van der Waals surface area contributed by atoms with E-state index in [9.17, 15) is 9.59 Å². The predicted octanol–water partition coefficient (Wildman–Crippen LogP) is 4.39. The molecule has 1 amide bonds. The normalized spacial score (nSPS) is 12.0. The summed E-state index contributed by atoms with van der Waals surface area (Å²) < 4.78 is 12.0. The number of carbonyl (C=O) groups is 1. The van der Waals surface area contributed by atoms with Gasteiger partial charge in [-0.15, -0.1) is 11.8 Å². The van der Waals surface area contributed by atoms with Gasteiger partial charge in [0.1, 0.15) is 11.7 Å². The number of nitrogens with zero attached hydrogens (tertiary/aromatic N) is 3. The molecule has 3 aromatic heterocycles. The van der Waals surface area contributed by atoms with Gasteiger partial charge in [-0.05, 0) is 56.5 Å². The Morgan fingerprint density at radius 2 is 1.94 bits per heavy atom. The van der Waals surface area contributed by atoms with Crippen LogP contribution in [0.25, 0.3) is 22.8 Å². The Morgan fingerprint density at radius 1 is 1.16 bits per heavy atom. The minimum absolute atomic E-state index is 0.361. The monoisotopic (exact) mass is 436 g/mol. The van der Waals surface area contributed by atoms with Gasteiger partial charge in [-0.25, -0.2) is 4.68 Å². The number of furan rings is 1. The zero-order valence-electron chi connectivity index (χ0n) is 17.2. The molecule has 0 unspecified atom stereocenters. The van der Waals surface area contributed by atoms with E-state index in [1.807, 2.05) is 30.5 Å². The SMILES string of the molecule is CSc1ccc(NC(=O)[C@H](C)n2nc(-c3ccco3)c(-c3cc(C)no3)cc2=O)cc1. The van der Waals surface area contributed by atoms with E-state index in [0.29, 0.717) is 34.2 Å². The van der Waals surface area contributed by atoms with Crippen LogP contribution < -0.4 is 10.9 Å². The van der Waals surface area contributed by atoms with E-state index in [4.69, 9.17) is 8.94 Å². The number of benzene rings is 1. The van der Waals surface area contributed by atoms with E-state index in [-0.39, 0.29) is 5.91 Å². The van der Waals surface area contributed by atoms with Crippen molar-refractivity contribution in [3.63, 3.8) is 0 Å². The van der Waals surface area contributed by atoms with Crippen LogP contribution in [0.4, 0.5) is 5.69 Å². The molecular weight excluding hydrogens is 416 g/mol. The molecule has 0 aliphatic carbocycles. The van der Waals surface area contributed by atoms with Crippen LogP contribution in [-0.2, 0) is 4.79 Å². The van der Waals surface area contributed by atoms with Gasteiger partial charge in [-0.3, -0.25) is 9.59 Å². The van der Waals surface area contributed by atoms with Gasteiger partial charge in [0.2, 0.25) is 5.91 Å². The molecule has 1 atom stereocenters. The fourth-order valence-electron chi connectivity index (χ4n) is 3.05. The van der Waals surface area contributed by atoms with E-state index >= 15 is 0 Å². The third-order valence-corrected chi connectivity index (χ3v) is 5.45. The number of aryl methyl sites for hydroxylation is 1. The maximum atomic E-state index is 12.8. The van der Waals surface area contributed by atoms with Crippen LogP contribution in [0.1, 0.15) is 18.7 Å². The lowest BCUT2D eigenvalue weighted by Crippen LogP contribution is -2.33. The predicted molar refractivity (Wildman–Crippen MR) is 118 cm³/mol. The van der Waals surface area contributed by atoms with E-state index < -0.39 is 11.6 Å². The summed E-state index contributed by atoms with van der Waals surface area (Å²) in [5.41, 5.74) is 1.69. The number of thioether (sulfide) groups is 1. The summed E-state index contributed by atoms with van der Waals surface area (Å²) >= 11 is 1.61. The summed E-state index contributed by atoms with van der Waals surface area (Å²) in [6, 6.07) is 13.1. The first kappa shape index (κ1) is 20.7. The number of anilines is 1. The molecule has 0 saturated heterocycles. The first-order chi connectivity index (χ1) is 15.0. The van der Waals surface area contributed by atoms with Crippen molar-refractivity contribution in [2.24, 2.45) is 0 Å². The molecule has 0 fully saturated rings. The largest absolute Gasteiger partial charge is 0.463 e. The summed E-state index contributed by atoms with van der Waals surface area (Å²) in [5.74, 6) is 0.477. The molecule has 0 aliphatic rings. The molecule has 8 nitrogen and oxygen atoms in total. The number of hydrogen-bond acceptors (Lipinski definition) is 7. The summed E-state index contributed by atoms with van der Waals surface area (Å²) in [6.07, 6.45) is 3.49. The molecule has 1 N–H and O–H groups in total. The topological polar surface area (TPSA) is 103 Å². The zero-order chi connectivity index (χ0) is 22.0. The highest BCUT2D eigenvalue weighted by atomic mass is 32.2. The molecular formula is C22H20N4O4S. The van der Waals surface area contributed by atoms with Gasteiger partial charge >= 0.3 is 0 Å². The molecule has 31 heavy (non-hydrogen) atoms. The van der Waals surface area contributed by atoms with Crippen molar-refractivity contribution in [3.8, 4) is 22.8 Å². The average molecular weight is 436 g/mol. The highest BCUT2D eigenvalue weighted by Crippen LogP contribution is 2.30. The number of carbonyl (C=O) groups excluding carboxylic acids is 1. The highest BCUT2D eigenvalue weighted by Gasteiger charge is 2.23. The average Bonchev–Trinajstić information content (AvgIpc) is 3.45. The van der Waals surface area contributed by atoms with Crippen LogP contribution in [0.3, 0.4) is 0 Å². The minimum atomic E-state index is -0.855. The molecule has 0 aliphatic heterocycles. The van der Waals surface area contributed by atoms with Crippen molar-refractivity contribution in [2.45, 2.75) is 24.8 Å². The van der Waals surface area contributed by atoms with Gasteiger partial charge in [-0.2, -0.15) is 5.10 Å². The second-order valence-electron chi connectivity index (χ2n) is 6.89. The number of rotatable bonds is 6. The third kappa shape index (κ3) is 4.31. The first-order valence-corrected chi connectivity index (χ1v) is 10.7. The van der Waals surface area contributed by atoms with Gasteiger partial charge < -0.3 is 14.3 Å². The van der Waals surface area contributed by atoms with Crippen molar-refractivity contribution < 1.29 is 13.7 Å². The second kappa shape index (κ2) is 8.65. The van der Waals surface area contributed by atoms with Crippen molar-refractivity contribution >= 4 is 23.4 Å². The molecule has 158 valence electrons. The van der Waals surface area contributed by atoms with E-state index in [1.54, 1.807) is 43.8 Å². The molecule has 9 heteroatoms. The van der Waals surface area contributed by atoms with Gasteiger partial charge in [-0.1, -0.05) is 5.16 Å². The highest BCUT2D eigenvalue weighted by molar-refractivity contribution is 7.98. The number of amides is 1. The van der Waals surface area contributed by atoms with Gasteiger partial charge in [0.05, 0.1) is 17.5 Å². The molecule has 0 radical (unpaired) electrons. The Morgan fingerprint density at radius 3 is 2.55 bits per heavy atom. The van der Waals surface area contributed by atoms with Crippen molar-refractivity contribution in [3.05, 3.63) is 70.8 Å². The molecule has 4 aromatic rings. The molecule has 1 aromatic carbocycles. The summed E-state index contributed by atoms with van der Waals surface area (Å²) in [5, 5.41) is 11.2. The van der Waals surface area contributed by atoms with E-state index in [2.05, 4.69) is 15.6 Å². The van der Waals surface area contributed by atoms with Gasteiger partial charge in [0.25, 0.3) is 5.56 Å². The van der Waals surface area contributed by atoms with Crippen LogP contribution in [0.2, 0.25) is 0 Å².